The van der Waals surface area contributed by atoms with E-state index in [1.54, 1.807) is 28.9 Å². The van der Waals surface area contributed by atoms with E-state index in [9.17, 15) is 14.0 Å². The second-order valence-corrected chi connectivity index (χ2v) is 9.04. The number of nitrogens with zero attached hydrogens (tertiary/aromatic N) is 3. The lowest BCUT2D eigenvalue weighted by atomic mass is 9.99. The van der Waals surface area contributed by atoms with Crippen molar-refractivity contribution in [2.45, 2.75) is 19.9 Å². The first-order valence-corrected chi connectivity index (χ1v) is 11.8. The van der Waals surface area contributed by atoms with Gasteiger partial charge in [-0.3, -0.25) is 9.59 Å². The summed E-state index contributed by atoms with van der Waals surface area (Å²) in [5.41, 5.74) is 5.40. The molecule has 2 aliphatic heterocycles. The van der Waals surface area contributed by atoms with Crippen LogP contribution in [-0.4, -0.2) is 54.3 Å². The molecule has 5 rings (SSSR count). The summed E-state index contributed by atoms with van der Waals surface area (Å²) < 4.78 is 13.8. The fourth-order valence-corrected chi connectivity index (χ4v) is 4.73. The van der Waals surface area contributed by atoms with Gasteiger partial charge in [-0.15, -0.1) is 0 Å². The first kappa shape index (κ1) is 22.1. The van der Waals surface area contributed by atoms with Crippen LogP contribution in [0.4, 0.5) is 10.1 Å². The number of rotatable bonds is 3. The minimum Gasteiger partial charge on any atom is -0.367 e. The summed E-state index contributed by atoms with van der Waals surface area (Å²) in [7, 11) is 0. The lowest BCUT2D eigenvalue weighted by molar-refractivity contribution is 0.0535. The van der Waals surface area contributed by atoms with Gasteiger partial charge in [0, 0.05) is 56.1 Å². The van der Waals surface area contributed by atoms with Crippen molar-refractivity contribution in [3.8, 4) is 0 Å². The lowest BCUT2D eigenvalue weighted by Gasteiger charge is -2.35. The summed E-state index contributed by atoms with van der Waals surface area (Å²) in [6, 6.07) is 20.9. The summed E-state index contributed by atoms with van der Waals surface area (Å²) in [5.74, 6) is -0.598. The van der Waals surface area contributed by atoms with Crippen molar-refractivity contribution in [2.75, 3.05) is 37.6 Å². The van der Waals surface area contributed by atoms with E-state index < -0.39 is 0 Å². The zero-order valence-corrected chi connectivity index (χ0v) is 19.3. The summed E-state index contributed by atoms with van der Waals surface area (Å²) >= 11 is 0. The van der Waals surface area contributed by atoms with Crippen LogP contribution in [0.1, 0.15) is 37.4 Å². The van der Waals surface area contributed by atoms with Crippen LogP contribution in [0.2, 0.25) is 0 Å². The Bertz CT molecular complexity index is 1220. The highest BCUT2D eigenvalue weighted by Gasteiger charge is 2.26. The highest BCUT2D eigenvalue weighted by molar-refractivity contribution is 5.96. The lowest BCUT2D eigenvalue weighted by Crippen LogP contribution is -2.50. The maximum atomic E-state index is 13.8. The number of hydrogen-bond donors (Lipinski definition) is 0. The van der Waals surface area contributed by atoms with Crippen molar-refractivity contribution in [1.29, 1.82) is 0 Å². The van der Waals surface area contributed by atoms with Crippen molar-refractivity contribution >= 4 is 17.5 Å². The van der Waals surface area contributed by atoms with Gasteiger partial charge in [0.1, 0.15) is 5.82 Å². The number of carbonyl (C=O) groups is 2. The zero-order valence-electron chi connectivity index (χ0n) is 19.3. The largest absolute Gasteiger partial charge is 0.367 e. The number of halogens is 1. The monoisotopic (exact) mass is 457 g/mol. The van der Waals surface area contributed by atoms with Crippen molar-refractivity contribution in [1.82, 2.24) is 9.80 Å². The van der Waals surface area contributed by atoms with E-state index in [1.165, 1.54) is 17.2 Å². The first-order valence-electron chi connectivity index (χ1n) is 11.8. The molecule has 3 aromatic rings. The fraction of sp³-hybridized carbons (Fsp3) is 0.286. The molecule has 2 aliphatic rings. The number of piperazine rings is 1. The Morgan fingerprint density at radius 3 is 1.97 bits per heavy atom. The molecule has 0 aromatic heterocycles. The molecular weight excluding hydrogens is 429 g/mol. The Kier molecular flexibility index (Phi) is 6.05. The number of aryl methyl sites for hydroxylation is 1. The van der Waals surface area contributed by atoms with Gasteiger partial charge in [0.05, 0.1) is 0 Å². The molecule has 0 radical (unpaired) electrons. The maximum Gasteiger partial charge on any atom is 0.254 e. The van der Waals surface area contributed by atoms with Crippen LogP contribution in [0.3, 0.4) is 0 Å². The van der Waals surface area contributed by atoms with Gasteiger partial charge >= 0.3 is 0 Å². The number of anilines is 1. The van der Waals surface area contributed by atoms with Gasteiger partial charge in [0.15, 0.2) is 0 Å². The molecule has 0 atom stereocenters. The van der Waals surface area contributed by atoms with Crippen LogP contribution in [-0.2, 0) is 13.0 Å². The predicted octanol–water partition coefficient (Wildman–Crippen LogP) is 4.30. The molecular formula is C28H28FN3O2. The van der Waals surface area contributed by atoms with Gasteiger partial charge in [-0.2, -0.15) is 0 Å². The molecule has 0 bridgehead atoms. The van der Waals surface area contributed by atoms with E-state index in [-0.39, 0.29) is 17.6 Å². The molecule has 5 nitrogen and oxygen atoms in total. The number of hydrogen-bond acceptors (Lipinski definition) is 3. The summed E-state index contributed by atoms with van der Waals surface area (Å²) in [6.07, 6.45) is 1.02. The highest BCUT2D eigenvalue weighted by atomic mass is 19.1. The summed E-state index contributed by atoms with van der Waals surface area (Å²) in [4.78, 5) is 31.6. The average molecular weight is 458 g/mol. The minimum absolute atomic E-state index is 0.0241. The highest BCUT2D eigenvalue weighted by Crippen LogP contribution is 2.25. The van der Waals surface area contributed by atoms with Crippen molar-refractivity contribution < 1.29 is 14.0 Å². The normalized spacial score (nSPS) is 15.8. The molecule has 174 valence electrons. The second kappa shape index (κ2) is 9.29. The van der Waals surface area contributed by atoms with E-state index in [0.717, 1.165) is 25.2 Å². The molecule has 6 heteroatoms. The van der Waals surface area contributed by atoms with Gasteiger partial charge in [0.2, 0.25) is 0 Å². The average Bonchev–Trinajstić information content (AvgIpc) is 2.89. The van der Waals surface area contributed by atoms with E-state index in [4.69, 9.17) is 0 Å². The van der Waals surface area contributed by atoms with Crippen molar-refractivity contribution in [2.24, 2.45) is 0 Å². The molecule has 3 aromatic carbocycles. The summed E-state index contributed by atoms with van der Waals surface area (Å²) in [5, 5.41) is 0. The van der Waals surface area contributed by atoms with Crippen molar-refractivity contribution in [3.05, 3.63) is 100 Å². The molecule has 2 amide bonds. The topological polar surface area (TPSA) is 43.9 Å². The van der Waals surface area contributed by atoms with E-state index in [2.05, 4.69) is 29.2 Å². The van der Waals surface area contributed by atoms with Gasteiger partial charge < -0.3 is 14.7 Å². The Hall–Kier alpha value is -3.67. The number of benzene rings is 3. The number of carbonyl (C=O) groups excluding carboxylic acids is 2. The third kappa shape index (κ3) is 4.40. The van der Waals surface area contributed by atoms with Gasteiger partial charge in [0.25, 0.3) is 11.8 Å². The fourth-order valence-electron chi connectivity index (χ4n) is 4.73. The molecule has 1 fully saturated rings. The molecule has 0 unspecified atom stereocenters. The van der Waals surface area contributed by atoms with E-state index in [1.807, 2.05) is 24.3 Å². The molecule has 0 aliphatic carbocycles. The molecule has 2 heterocycles. The predicted molar refractivity (Wildman–Crippen MR) is 131 cm³/mol. The number of amides is 2. The Labute approximate surface area is 199 Å². The van der Waals surface area contributed by atoms with Gasteiger partial charge in [-0.05, 0) is 66.4 Å². The van der Waals surface area contributed by atoms with Crippen LogP contribution in [0.15, 0.2) is 66.7 Å². The molecule has 34 heavy (non-hydrogen) atoms. The Morgan fingerprint density at radius 2 is 1.32 bits per heavy atom. The third-order valence-electron chi connectivity index (χ3n) is 6.88. The molecule has 0 spiro atoms. The quantitative estimate of drug-likeness (QED) is 0.589. The van der Waals surface area contributed by atoms with Crippen LogP contribution >= 0.6 is 0 Å². The number of fused-ring (bicyclic) bond motifs is 1. The van der Waals surface area contributed by atoms with Crippen molar-refractivity contribution in [3.63, 3.8) is 0 Å². The molecule has 0 N–H and O–H groups in total. The van der Waals surface area contributed by atoms with Crippen LogP contribution in [0, 0.1) is 12.7 Å². The summed E-state index contributed by atoms with van der Waals surface area (Å²) in [6.45, 7) is 5.31. The SMILES string of the molecule is Cc1ccc(C(=O)N2CCN(C(=O)c3ccc(N4CCc5ccccc5C4)cc3)CC2)cc1F. The maximum absolute atomic E-state index is 13.8. The second-order valence-electron chi connectivity index (χ2n) is 9.04. The Morgan fingerprint density at radius 1 is 0.735 bits per heavy atom. The van der Waals surface area contributed by atoms with Crippen LogP contribution in [0.25, 0.3) is 0 Å². The van der Waals surface area contributed by atoms with E-state index in [0.29, 0.717) is 42.9 Å². The zero-order chi connectivity index (χ0) is 23.7. The molecule has 0 saturated carbocycles. The van der Waals surface area contributed by atoms with Gasteiger partial charge in [-0.1, -0.05) is 30.3 Å². The van der Waals surface area contributed by atoms with Crippen LogP contribution in [0.5, 0.6) is 0 Å². The smallest absolute Gasteiger partial charge is 0.254 e. The standard InChI is InChI=1S/C28H28FN3O2/c1-20-6-7-23(18-26(20)29)28(34)31-16-14-30(15-17-31)27(33)22-8-10-25(11-9-22)32-13-12-21-4-2-3-5-24(21)19-32/h2-11,18H,12-17,19H2,1H3. The minimum atomic E-state index is -0.378. The van der Waals surface area contributed by atoms with Crippen LogP contribution < -0.4 is 4.90 Å². The first-order chi connectivity index (χ1) is 16.5. The van der Waals surface area contributed by atoms with E-state index >= 15 is 0 Å². The third-order valence-corrected chi connectivity index (χ3v) is 6.88. The van der Waals surface area contributed by atoms with Gasteiger partial charge in [-0.25, -0.2) is 4.39 Å². The Balaban J connectivity index is 1.19. The molecule has 1 saturated heterocycles.